The molecule has 0 aliphatic carbocycles. The van der Waals surface area contributed by atoms with Gasteiger partial charge < -0.3 is 15.0 Å². The zero-order valence-corrected chi connectivity index (χ0v) is 9.97. The van der Waals surface area contributed by atoms with E-state index >= 15 is 0 Å². The number of amides is 1. The predicted octanol–water partition coefficient (Wildman–Crippen LogP) is 0.998. The number of rotatable bonds is 5. The molecule has 1 unspecified atom stereocenters. The van der Waals surface area contributed by atoms with Crippen LogP contribution in [0.2, 0.25) is 0 Å². The van der Waals surface area contributed by atoms with E-state index in [0.717, 1.165) is 16.5 Å². The van der Waals surface area contributed by atoms with E-state index in [1.807, 2.05) is 30.5 Å². The molecule has 1 amide bonds. The van der Waals surface area contributed by atoms with E-state index in [4.69, 9.17) is 0 Å². The number of fused-ring (bicyclic) bond motifs is 1. The number of esters is 1. The van der Waals surface area contributed by atoms with Crippen LogP contribution in [0.4, 0.5) is 0 Å². The third-order valence-corrected chi connectivity index (χ3v) is 2.85. The summed E-state index contributed by atoms with van der Waals surface area (Å²) in [6.45, 7) is 0. The van der Waals surface area contributed by atoms with Crippen LogP contribution in [0.1, 0.15) is 5.56 Å². The van der Waals surface area contributed by atoms with Gasteiger partial charge in [-0.1, -0.05) is 18.2 Å². The van der Waals surface area contributed by atoms with Crippen molar-refractivity contribution in [3.8, 4) is 0 Å². The van der Waals surface area contributed by atoms with Gasteiger partial charge in [0.25, 0.3) is 0 Å². The smallest absolute Gasteiger partial charge is 0.328 e. The summed E-state index contributed by atoms with van der Waals surface area (Å²) in [5, 5.41) is 3.51. The average Bonchev–Trinajstić information content (AvgIpc) is 2.81. The maximum absolute atomic E-state index is 11.5. The van der Waals surface area contributed by atoms with Crippen LogP contribution in [0, 0.1) is 0 Å². The second-order valence-corrected chi connectivity index (χ2v) is 3.92. The summed E-state index contributed by atoms with van der Waals surface area (Å²) < 4.78 is 4.66. The third-order valence-electron chi connectivity index (χ3n) is 2.85. The first-order valence-corrected chi connectivity index (χ1v) is 5.58. The van der Waals surface area contributed by atoms with E-state index < -0.39 is 12.0 Å². The molecule has 0 spiro atoms. The monoisotopic (exact) mass is 246 g/mol. The van der Waals surface area contributed by atoms with Gasteiger partial charge in [-0.25, -0.2) is 4.79 Å². The number of aromatic amines is 1. The molecule has 1 atom stereocenters. The Morgan fingerprint density at radius 3 is 3.00 bits per heavy atom. The summed E-state index contributed by atoms with van der Waals surface area (Å²) in [5.74, 6) is -0.451. The highest BCUT2D eigenvalue weighted by Gasteiger charge is 2.20. The number of benzene rings is 1. The minimum absolute atomic E-state index is 0.398. The minimum atomic E-state index is -0.660. The van der Waals surface area contributed by atoms with Gasteiger partial charge in [-0.05, 0) is 11.6 Å². The van der Waals surface area contributed by atoms with E-state index in [1.54, 1.807) is 0 Å². The lowest BCUT2D eigenvalue weighted by molar-refractivity contribution is -0.144. The lowest BCUT2D eigenvalue weighted by Gasteiger charge is -2.12. The van der Waals surface area contributed by atoms with Crippen LogP contribution < -0.4 is 5.32 Å². The van der Waals surface area contributed by atoms with Gasteiger partial charge in [-0.3, -0.25) is 4.79 Å². The van der Waals surface area contributed by atoms with Crippen molar-refractivity contribution in [3.05, 3.63) is 36.0 Å². The molecule has 2 aromatic rings. The van der Waals surface area contributed by atoms with E-state index in [1.165, 1.54) is 7.11 Å². The molecule has 0 aliphatic rings. The van der Waals surface area contributed by atoms with Gasteiger partial charge in [0.1, 0.15) is 6.04 Å². The van der Waals surface area contributed by atoms with Crippen LogP contribution >= 0.6 is 0 Å². The quantitative estimate of drug-likeness (QED) is 0.610. The average molecular weight is 246 g/mol. The SMILES string of the molecule is COC(=O)C(Cc1c[nH]c2ccccc12)NC=O. The second kappa shape index (κ2) is 5.35. The molecule has 94 valence electrons. The molecule has 18 heavy (non-hydrogen) atoms. The van der Waals surface area contributed by atoms with Crippen molar-refractivity contribution in [1.82, 2.24) is 10.3 Å². The molecular weight excluding hydrogens is 232 g/mol. The maximum atomic E-state index is 11.5. The fourth-order valence-electron chi connectivity index (χ4n) is 1.96. The zero-order valence-electron chi connectivity index (χ0n) is 9.97. The van der Waals surface area contributed by atoms with Gasteiger partial charge in [0, 0.05) is 23.5 Å². The van der Waals surface area contributed by atoms with Gasteiger partial charge >= 0.3 is 5.97 Å². The Bertz CT molecular complexity index is 562. The molecular formula is C13H14N2O3. The Morgan fingerprint density at radius 1 is 1.50 bits per heavy atom. The number of ether oxygens (including phenoxy) is 1. The Hall–Kier alpha value is -2.30. The highest BCUT2D eigenvalue weighted by atomic mass is 16.5. The standard InChI is InChI=1S/C13H14N2O3/c1-18-13(17)12(15-8-16)6-9-7-14-11-5-3-2-4-10(9)11/h2-5,7-8,12,14H,6H2,1H3,(H,15,16). The van der Waals surface area contributed by atoms with E-state index in [0.29, 0.717) is 12.8 Å². The van der Waals surface area contributed by atoms with Crippen molar-refractivity contribution >= 4 is 23.3 Å². The summed E-state index contributed by atoms with van der Waals surface area (Å²) in [4.78, 5) is 25.1. The number of nitrogens with one attached hydrogen (secondary N) is 2. The van der Waals surface area contributed by atoms with Gasteiger partial charge in [0.15, 0.2) is 0 Å². The lowest BCUT2D eigenvalue weighted by atomic mass is 10.1. The molecule has 0 saturated carbocycles. The van der Waals surface area contributed by atoms with Crippen molar-refractivity contribution in [2.75, 3.05) is 7.11 Å². The molecule has 5 nitrogen and oxygen atoms in total. The minimum Gasteiger partial charge on any atom is -0.467 e. The highest BCUT2D eigenvalue weighted by molar-refractivity contribution is 5.85. The molecule has 0 aliphatic heterocycles. The summed E-state index contributed by atoms with van der Waals surface area (Å²) in [7, 11) is 1.30. The number of hydrogen-bond donors (Lipinski definition) is 2. The number of carbonyl (C=O) groups is 2. The molecule has 1 aromatic heterocycles. The van der Waals surface area contributed by atoms with Gasteiger partial charge in [-0.15, -0.1) is 0 Å². The molecule has 0 bridgehead atoms. The number of aromatic nitrogens is 1. The fraction of sp³-hybridized carbons (Fsp3) is 0.231. The molecule has 0 fully saturated rings. The summed E-state index contributed by atoms with van der Waals surface area (Å²) in [6.07, 6.45) is 2.75. The van der Waals surface area contributed by atoms with E-state index in [9.17, 15) is 9.59 Å². The first kappa shape index (κ1) is 12.2. The zero-order chi connectivity index (χ0) is 13.0. The van der Waals surface area contributed by atoms with Crippen LogP contribution in [-0.2, 0) is 20.7 Å². The Kier molecular flexibility index (Phi) is 3.62. The van der Waals surface area contributed by atoms with E-state index in [2.05, 4.69) is 15.0 Å². The van der Waals surface area contributed by atoms with Crippen LogP contribution in [0.15, 0.2) is 30.5 Å². The second-order valence-electron chi connectivity index (χ2n) is 3.92. The van der Waals surface area contributed by atoms with Crippen LogP contribution in [-0.4, -0.2) is 30.5 Å². The topological polar surface area (TPSA) is 71.2 Å². The number of para-hydroxylation sites is 1. The van der Waals surface area contributed by atoms with Crippen LogP contribution in [0.3, 0.4) is 0 Å². The summed E-state index contributed by atoms with van der Waals surface area (Å²) >= 11 is 0. The van der Waals surface area contributed by atoms with Crippen molar-refractivity contribution in [2.45, 2.75) is 12.5 Å². The van der Waals surface area contributed by atoms with Crippen LogP contribution in [0.25, 0.3) is 10.9 Å². The molecule has 5 heteroatoms. The Morgan fingerprint density at radius 2 is 2.28 bits per heavy atom. The maximum Gasteiger partial charge on any atom is 0.328 e. The normalized spacial score (nSPS) is 12.1. The highest BCUT2D eigenvalue weighted by Crippen LogP contribution is 2.19. The van der Waals surface area contributed by atoms with Gasteiger partial charge in [0.05, 0.1) is 7.11 Å². The van der Waals surface area contributed by atoms with E-state index in [-0.39, 0.29) is 0 Å². The van der Waals surface area contributed by atoms with Gasteiger partial charge in [-0.2, -0.15) is 0 Å². The summed E-state index contributed by atoms with van der Waals surface area (Å²) in [6, 6.07) is 7.13. The first-order chi connectivity index (χ1) is 8.76. The Labute approximate surface area is 104 Å². The van der Waals surface area contributed by atoms with Crippen molar-refractivity contribution in [3.63, 3.8) is 0 Å². The molecule has 0 saturated heterocycles. The molecule has 1 aromatic carbocycles. The number of methoxy groups -OCH3 is 1. The number of carbonyl (C=O) groups excluding carboxylic acids is 2. The van der Waals surface area contributed by atoms with Gasteiger partial charge in [0.2, 0.25) is 6.41 Å². The lowest BCUT2D eigenvalue weighted by Crippen LogP contribution is -2.38. The van der Waals surface area contributed by atoms with Crippen molar-refractivity contribution in [2.24, 2.45) is 0 Å². The fourth-order valence-corrected chi connectivity index (χ4v) is 1.96. The number of H-pyrrole nitrogens is 1. The molecule has 1 heterocycles. The Balaban J connectivity index is 2.25. The largest absolute Gasteiger partial charge is 0.467 e. The molecule has 0 radical (unpaired) electrons. The molecule has 2 N–H and O–H groups in total. The number of hydrogen-bond acceptors (Lipinski definition) is 3. The third kappa shape index (κ3) is 2.34. The van der Waals surface area contributed by atoms with Crippen LogP contribution in [0.5, 0.6) is 0 Å². The van der Waals surface area contributed by atoms with Crippen molar-refractivity contribution < 1.29 is 14.3 Å². The van der Waals surface area contributed by atoms with Crippen molar-refractivity contribution in [1.29, 1.82) is 0 Å². The predicted molar refractivity (Wildman–Crippen MR) is 67.0 cm³/mol. The molecule has 2 rings (SSSR count). The first-order valence-electron chi connectivity index (χ1n) is 5.58. The summed E-state index contributed by atoms with van der Waals surface area (Å²) in [5.41, 5.74) is 1.97.